The van der Waals surface area contributed by atoms with Crippen molar-refractivity contribution >= 4 is 11.6 Å². The number of imidazole rings is 1. The second-order valence-corrected chi connectivity index (χ2v) is 6.70. The molecule has 3 aromatic heterocycles. The van der Waals surface area contributed by atoms with Crippen molar-refractivity contribution in [2.24, 2.45) is 0 Å². The molecular formula is C20H21N5O3. The molecule has 0 bridgehead atoms. The van der Waals surface area contributed by atoms with Gasteiger partial charge in [0.1, 0.15) is 11.4 Å². The van der Waals surface area contributed by atoms with Gasteiger partial charge in [0.2, 0.25) is 0 Å². The first-order valence-corrected chi connectivity index (χ1v) is 9.18. The van der Waals surface area contributed by atoms with E-state index in [-0.39, 0.29) is 5.91 Å². The van der Waals surface area contributed by atoms with Gasteiger partial charge in [-0.25, -0.2) is 4.98 Å². The zero-order chi connectivity index (χ0) is 19.5. The largest absolute Gasteiger partial charge is 0.466 e. The first-order chi connectivity index (χ1) is 13.7. The van der Waals surface area contributed by atoms with Gasteiger partial charge in [-0.1, -0.05) is 0 Å². The predicted molar refractivity (Wildman–Crippen MR) is 101 cm³/mol. The molecule has 144 valence electrons. The van der Waals surface area contributed by atoms with Crippen molar-refractivity contribution in [2.75, 3.05) is 26.3 Å². The maximum Gasteiger partial charge on any atom is 0.256 e. The topological polar surface area (TPSA) is 95.8 Å². The third kappa shape index (κ3) is 3.50. The smallest absolute Gasteiger partial charge is 0.256 e. The summed E-state index contributed by atoms with van der Waals surface area (Å²) in [5.41, 5.74) is 2.94. The molecule has 0 spiro atoms. The number of aryl methyl sites for hydroxylation is 1. The summed E-state index contributed by atoms with van der Waals surface area (Å²) in [5.74, 6) is 0.0341. The molecule has 1 saturated heterocycles. The van der Waals surface area contributed by atoms with E-state index in [1.165, 1.54) is 6.26 Å². The van der Waals surface area contributed by atoms with Crippen molar-refractivity contribution < 1.29 is 13.9 Å². The Morgan fingerprint density at radius 1 is 1.36 bits per heavy atom. The number of fused-ring (bicyclic) bond motifs is 1. The highest BCUT2D eigenvalue weighted by molar-refractivity contribution is 6.00. The van der Waals surface area contributed by atoms with Gasteiger partial charge in [0.25, 0.3) is 5.91 Å². The van der Waals surface area contributed by atoms with Gasteiger partial charge in [-0.05, 0) is 31.2 Å². The highest BCUT2D eigenvalue weighted by atomic mass is 16.5. The molecule has 4 heterocycles. The van der Waals surface area contributed by atoms with Crippen LogP contribution in [0.1, 0.15) is 33.5 Å². The first kappa shape index (κ1) is 18.2. The lowest BCUT2D eigenvalue weighted by molar-refractivity contribution is 0.0334. The molecule has 8 nitrogen and oxygen atoms in total. The number of carbonyl (C=O) groups is 1. The normalized spacial score (nSPS) is 16.0. The molecule has 1 unspecified atom stereocenters. The Balaban J connectivity index is 1.62. The molecule has 1 amide bonds. The summed E-state index contributed by atoms with van der Waals surface area (Å²) in [6.45, 7) is 5.90. The van der Waals surface area contributed by atoms with E-state index in [4.69, 9.17) is 9.15 Å². The Bertz CT molecular complexity index is 1010. The van der Waals surface area contributed by atoms with Crippen LogP contribution < -0.4 is 5.32 Å². The van der Waals surface area contributed by atoms with Crippen molar-refractivity contribution in [1.82, 2.24) is 19.6 Å². The van der Waals surface area contributed by atoms with E-state index in [0.717, 1.165) is 44.2 Å². The van der Waals surface area contributed by atoms with Gasteiger partial charge in [0, 0.05) is 25.8 Å². The number of nitrogens with one attached hydrogen (secondary N) is 1. The molecule has 3 aromatic rings. The number of nitriles is 1. The summed E-state index contributed by atoms with van der Waals surface area (Å²) in [6, 6.07) is 8.08. The Kier molecular flexibility index (Phi) is 5.10. The lowest BCUT2D eigenvalue weighted by Gasteiger charge is -2.26. The molecule has 0 saturated carbocycles. The average molecular weight is 379 g/mol. The van der Waals surface area contributed by atoms with Crippen molar-refractivity contribution in [1.29, 1.82) is 5.26 Å². The molecule has 8 heteroatoms. The summed E-state index contributed by atoms with van der Waals surface area (Å²) in [4.78, 5) is 19.8. The lowest BCUT2D eigenvalue weighted by Crippen LogP contribution is -2.36. The number of hydrogen-bond donors (Lipinski definition) is 1. The van der Waals surface area contributed by atoms with Gasteiger partial charge >= 0.3 is 0 Å². The number of rotatable bonds is 5. The molecule has 0 radical (unpaired) electrons. The number of ether oxygens (including phenoxy) is 1. The molecule has 1 N–H and O–H groups in total. The average Bonchev–Trinajstić information content (AvgIpc) is 3.35. The van der Waals surface area contributed by atoms with Gasteiger partial charge in [-0.2, -0.15) is 5.26 Å². The monoisotopic (exact) mass is 379 g/mol. The van der Waals surface area contributed by atoms with Crippen molar-refractivity contribution in [3.8, 4) is 6.07 Å². The number of morpholine rings is 1. The van der Waals surface area contributed by atoms with Crippen LogP contribution in [0.5, 0.6) is 0 Å². The van der Waals surface area contributed by atoms with Crippen LogP contribution in [0.3, 0.4) is 0 Å². The predicted octanol–water partition coefficient (Wildman–Crippen LogP) is 2.06. The summed E-state index contributed by atoms with van der Waals surface area (Å²) in [6.07, 6.45) is 3.39. The zero-order valence-electron chi connectivity index (χ0n) is 15.6. The molecule has 28 heavy (non-hydrogen) atoms. The second-order valence-electron chi connectivity index (χ2n) is 6.70. The fourth-order valence-corrected chi connectivity index (χ4v) is 3.40. The van der Waals surface area contributed by atoms with Crippen LogP contribution in [-0.4, -0.2) is 46.5 Å². The maximum absolute atomic E-state index is 12.8. The van der Waals surface area contributed by atoms with Gasteiger partial charge < -0.3 is 18.9 Å². The standard InChI is InChI=1S/C20H21N5O3/c1-14-17(13-24-7-10-27-11-8-24)25-6-2-4-15(19(25)22-14)20(26)23-16(12-21)18-5-3-9-28-18/h2-6,9,16H,7-8,10-11,13H2,1H3,(H,23,26). The SMILES string of the molecule is Cc1nc2c(C(=O)NC(C#N)c3ccco3)cccn2c1CN1CCOCC1. The minimum Gasteiger partial charge on any atom is -0.466 e. The van der Waals surface area contributed by atoms with E-state index in [9.17, 15) is 10.1 Å². The van der Waals surface area contributed by atoms with E-state index in [0.29, 0.717) is 17.0 Å². The third-order valence-corrected chi connectivity index (χ3v) is 4.90. The van der Waals surface area contributed by atoms with Crippen molar-refractivity contribution in [3.63, 3.8) is 0 Å². The Hall–Kier alpha value is -3.15. The highest BCUT2D eigenvalue weighted by Crippen LogP contribution is 2.20. The Morgan fingerprint density at radius 3 is 2.89 bits per heavy atom. The van der Waals surface area contributed by atoms with E-state index in [1.807, 2.05) is 23.6 Å². The van der Waals surface area contributed by atoms with E-state index in [2.05, 4.69) is 21.3 Å². The summed E-state index contributed by atoms with van der Waals surface area (Å²) < 4.78 is 12.6. The lowest BCUT2D eigenvalue weighted by atomic mass is 10.2. The molecule has 1 aliphatic heterocycles. The Morgan fingerprint density at radius 2 is 2.18 bits per heavy atom. The van der Waals surface area contributed by atoms with Gasteiger partial charge in [0.15, 0.2) is 6.04 Å². The molecule has 1 aliphatic rings. The number of hydrogen-bond acceptors (Lipinski definition) is 6. The van der Waals surface area contributed by atoms with E-state index < -0.39 is 6.04 Å². The highest BCUT2D eigenvalue weighted by Gasteiger charge is 2.22. The number of furan rings is 1. The van der Waals surface area contributed by atoms with Gasteiger partial charge in [-0.15, -0.1) is 0 Å². The minimum absolute atomic E-state index is 0.364. The van der Waals surface area contributed by atoms with Gasteiger partial charge in [-0.3, -0.25) is 9.69 Å². The zero-order valence-corrected chi connectivity index (χ0v) is 15.6. The van der Waals surface area contributed by atoms with Gasteiger partial charge in [0.05, 0.1) is 42.5 Å². The number of aromatic nitrogens is 2. The quantitative estimate of drug-likeness (QED) is 0.729. The van der Waals surface area contributed by atoms with E-state index in [1.54, 1.807) is 18.2 Å². The molecular weight excluding hydrogens is 358 g/mol. The minimum atomic E-state index is -0.855. The fraction of sp³-hybridized carbons (Fsp3) is 0.350. The number of nitrogens with zero attached hydrogens (tertiary/aromatic N) is 4. The molecule has 1 atom stereocenters. The molecule has 4 rings (SSSR count). The third-order valence-electron chi connectivity index (χ3n) is 4.90. The number of pyridine rings is 1. The maximum atomic E-state index is 12.8. The van der Waals surface area contributed by atoms with Crippen LogP contribution in [0.25, 0.3) is 5.65 Å². The van der Waals surface area contributed by atoms with Crippen LogP contribution in [-0.2, 0) is 11.3 Å². The van der Waals surface area contributed by atoms with Crippen molar-refractivity contribution in [3.05, 3.63) is 59.4 Å². The van der Waals surface area contributed by atoms with Crippen LogP contribution in [0, 0.1) is 18.3 Å². The molecule has 0 aliphatic carbocycles. The Labute approximate surface area is 162 Å². The number of amides is 1. The van der Waals surface area contributed by atoms with Crippen LogP contribution in [0.2, 0.25) is 0 Å². The number of carbonyl (C=O) groups excluding carboxylic acids is 1. The molecule has 1 fully saturated rings. The van der Waals surface area contributed by atoms with Crippen molar-refractivity contribution in [2.45, 2.75) is 19.5 Å². The first-order valence-electron chi connectivity index (χ1n) is 9.18. The van der Waals surface area contributed by atoms with Crippen LogP contribution >= 0.6 is 0 Å². The fourth-order valence-electron chi connectivity index (χ4n) is 3.40. The summed E-state index contributed by atoms with van der Waals surface area (Å²) >= 11 is 0. The second kappa shape index (κ2) is 7.84. The van der Waals surface area contributed by atoms with E-state index >= 15 is 0 Å². The van der Waals surface area contributed by atoms with Crippen LogP contribution in [0.15, 0.2) is 41.1 Å². The summed E-state index contributed by atoms with van der Waals surface area (Å²) in [5, 5.41) is 12.1. The molecule has 0 aromatic carbocycles. The summed E-state index contributed by atoms with van der Waals surface area (Å²) in [7, 11) is 0. The van der Waals surface area contributed by atoms with Crippen LogP contribution in [0.4, 0.5) is 0 Å².